The summed E-state index contributed by atoms with van der Waals surface area (Å²) in [6.45, 7) is 1.97. The van der Waals surface area contributed by atoms with Gasteiger partial charge in [-0.15, -0.1) is 0 Å². The van der Waals surface area contributed by atoms with Crippen molar-refractivity contribution in [3.05, 3.63) is 60.2 Å². The van der Waals surface area contributed by atoms with Gasteiger partial charge in [-0.3, -0.25) is 14.5 Å². The molecule has 0 unspecified atom stereocenters. The first-order valence-electron chi connectivity index (χ1n) is 10.9. The summed E-state index contributed by atoms with van der Waals surface area (Å²) in [6, 6.07) is 8.16. The first kappa shape index (κ1) is 25.7. The molecule has 8 nitrogen and oxygen atoms in total. The molecule has 184 valence electrons. The predicted molar refractivity (Wildman–Crippen MR) is 122 cm³/mol. The number of carbonyl (C=O) groups excluding carboxylic acids is 2. The average molecular weight is 496 g/mol. The van der Waals surface area contributed by atoms with Gasteiger partial charge in [0.15, 0.2) is 0 Å². The number of hydrogen-bond acceptors (Lipinski definition) is 5. The Hall–Kier alpha value is -2.89. The minimum Gasteiger partial charge on any atom is -0.376 e. The van der Waals surface area contributed by atoms with Crippen LogP contribution in [0.3, 0.4) is 0 Å². The molecule has 34 heavy (non-hydrogen) atoms. The predicted octanol–water partition coefficient (Wildman–Crippen LogP) is 2.35. The van der Waals surface area contributed by atoms with E-state index in [1.165, 1.54) is 12.1 Å². The van der Waals surface area contributed by atoms with Crippen LogP contribution in [-0.4, -0.2) is 52.1 Å². The van der Waals surface area contributed by atoms with Crippen LogP contribution in [0.25, 0.3) is 0 Å². The van der Waals surface area contributed by atoms with Crippen molar-refractivity contribution in [3.63, 3.8) is 0 Å². The molecule has 3 rings (SSSR count). The summed E-state index contributed by atoms with van der Waals surface area (Å²) in [4.78, 5) is 27.1. The monoisotopic (exact) mass is 495 g/mol. The van der Waals surface area contributed by atoms with Gasteiger partial charge < -0.3 is 10.1 Å². The Kier molecular flexibility index (Phi) is 8.70. The number of halogens is 2. The van der Waals surface area contributed by atoms with Crippen LogP contribution in [0, 0.1) is 11.6 Å². The summed E-state index contributed by atoms with van der Waals surface area (Å²) in [7, 11) is -4.11. The lowest BCUT2D eigenvalue weighted by molar-refractivity contribution is -0.126. The SMILES string of the molecule is CC[C@@H](C(=O)NC[C@@H]1CCCO1)N(C(=O)CNS(=O)(=O)c1ccc(F)cc1)c1ccc(F)cc1. The van der Waals surface area contributed by atoms with Crippen molar-refractivity contribution in [2.45, 2.75) is 43.2 Å². The van der Waals surface area contributed by atoms with Gasteiger partial charge in [0.2, 0.25) is 21.8 Å². The molecule has 0 bridgehead atoms. The smallest absolute Gasteiger partial charge is 0.243 e. The van der Waals surface area contributed by atoms with Crippen molar-refractivity contribution < 1.29 is 31.5 Å². The zero-order valence-corrected chi connectivity index (χ0v) is 19.5. The number of nitrogens with one attached hydrogen (secondary N) is 2. The van der Waals surface area contributed by atoms with Crippen LogP contribution in [0.1, 0.15) is 26.2 Å². The largest absolute Gasteiger partial charge is 0.376 e. The van der Waals surface area contributed by atoms with Crippen LogP contribution in [0.15, 0.2) is 53.4 Å². The topological polar surface area (TPSA) is 105 Å². The normalized spacial score (nSPS) is 16.7. The number of carbonyl (C=O) groups is 2. The van der Waals surface area contributed by atoms with E-state index in [0.717, 1.165) is 54.1 Å². The highest BCUT2D eigenvalue weighted by atomic mass is 32.2. The van der Waals surface area contributed by atoms with Gasteiger partial charge in [-0.25, -0.2) is 21.9 Å². The second kappa shape index (κ2) is 11.5. The lowest BCUT2D eigenvalue weighted by Crippen LogP contribution is -2.53. The number of anilines is 1. The van der Waals surface area contributed by atoms with Crippen LogP contribution in [0.2, 0.25) is 0 Å². The highest BCUT2D eigenvalue weighted by molar-refractivity contribution is 7.89. The van der Waals surface area contributed by atoms with Gasteiger partial charge in [-0.05, 0) is 67.8 Å². The fourth-order valence-corrected chi connectivity index (χ4v) is 4.64. The van der Waals surface area contributed by atoms with Crippen molar-refractivity contribution >= 4 is 27.5 Å². The molecule has 1 saturated heterocycles. The van der Waals surface area contributed by atoms with Gasteiger partial charge >= 0.3 is 0 Å². The third-order valence-electron chi connectivity index (χ3n) is 5.44. The van der Waals surface area contributed by atoms with E-state index in [-0.39, 0.29) is 29.7 Å². The Balaban J connectivity index is 1.78. The molecular formula is C23H27F2N3O5S. The molecule has 1 aliphatic heterocycles. The number of benzene rings is 2. The maximum Gasteiger partial charge on any atom is 0.243 e. The molecule has 0 saturated carbocycles. The second-order valence-corrected chi connectivity index (χ2v) is 9.59. The number of nitrogens with zero attached hydrogens (tertiary/aromatic N) is 1. The van der Waals surface area contributed by atoms with Gasteiger partial charge in [0.1, 0.15) is 17.7 Å². The number of amides is 2. The fraction of sp³-hybridized carbons (Fsp3) is 0.391. The maximum atomic E-state index is 13.5. The minimum absolute atomic E-state index is 0.0982. The Bertz CT molecular complexity index is 1090. The molecule has 1 heterocycles. The van der Waals surface area contributed by atoms with E-state index in [2.05, 4.69) is 10.0 Å². The molecule has 2 atom stereocenters. The van der Waals surface area contributed by atoms with Gasteiger partial charge in [0, 0.05) is 18.8 Å². The maximum absolute atomic E-state index is 13.5. The first-order valence-corrected chi connectivity index (χ1v) is 12.4. The number of ether oxygens (including phenoxy) is 1. The number of rotatable bonds is 10. The lowest BCUT2D eigenvalue weighted by Gasteiger charge is -2.31. The van der Waals surface area contributed by atoms with Gasteiger partial charge in [0.05, 0.1) is 17.5 Å². The highest BCUT2D eigenvalue weighted by Gasteiger charge is 2.31. The number of sulfonamides is 1. The molecule has 2 amide bonds. The molecule has 11 heteroatoms. The summed E-state index contributed by atoms with van der Waals surface area (Å²) in [6.07, 6.45) is 1.86. The molecule has 2 aromatic carbocycles. The first-order chi connectivity index (χ1) is 16.2. The van der Waals surface area contributed by atoms with Gasteiger partial charge in [0.25, 0.3) is 0 Å². The molecule has 0 aromatic heterocycles. The lowest BCUT2D eigenvalue weighted by atomic mass is 10.1. The quantitative estimate of drug-likeness (QED) is 0.527. The van der Waals surface area contributed by atoms with E-state index >= 15 is 0 Å². The van der Waals surface area contributed by atoms with Crippen molar-refractivity contribution in [2.24, 2.45) is 0 Å². The summed E-state index contributed by atoms with van der Waals surface area (Å²) in [5.74, 6) is -2.27. The van der Waals surface area contributed by atoms with E-state index in [4.69, 9.17) is 4.74 Å². The summed E-state index contributed by atoms with van der Waals surface area (Å²) < 4.78 is 59.4. The third-order valence-corrected chi connectivity index (χ3v) is 6.86. The van der Waals surface area contributed by atoms with Crippen LogP contribution in [0.4, 0.5) is 14.5 Å². The fourth-order valence-electron chi connectivity index (χ4n) is 3.66. The van der Waals surface area contributed by atoms with E-state index in [1.54, 1.807) is 6.92 Å². The van der Waals surface area contributed by atoms with Crippen molar-refractivity contribution in [1.82, 2.24) is 10.0 Å². The summed E-state index contributed by atoms with van der Waals surface area (Å²) in [5, 5.41) is 2.79. The summed E-state index contributed by atoms with van der Waals surface area (Å²) in [5.41, 5.74) is 0.242. The van der Waals surface area contributed by atoms with Gasteiger partial charge in [-0.1, -0.05) is 6.92 Å². The third kappa shape index (κ3) is 6.58. The van der Waals surface area contributed by atoms with E-state index in [1.807, 2.05) is 0 Å². The Labute approximate surface area is 197 Å². The zero-order valence-electron chi connectivity index (χ0n) is 18.7. The minimum atomic E-state index is -4.11. The molecule has 2 aromatic rings. The van der Waals surface area contributed by atoms with E-state index < -0.39 is 46.1 Å². The van der Waals surface area contributed by atoms with Gasteiger partial charge in [-0.2, -0.15) is 0 Å². The van der Waals surface area contributed by atoms with Crippen molar-refractivity contribution in [3.8, 4) is 0 Å². The molecule has 2 N–H and O–H groups in total. The highest BCUT2D eigenvalue weighted by Crippen LogP contribution is 2.21. The van der Waals surface area contributed by atoms with E-state index in [0.29, 0.717) is 6.61 Å². The van der Waals surface area contributed by atoms with Crippen LogP contribution in [0.5, 0.6) is 0 Å². The summed E-state index contributed by atoms with van der Waals surface area (Å²) >= 11 is 0. The number of hydrogen-bond donors (Lipinski definition) is 2. The standard InChI is InChI=1S/C23H27F2N3O5S/c1-2-21(23(30)26-14-19-4-3-13-33-19)28(18-9-5-16(24)6-10-18)22(29)15-27-34(31,32)20-11-7-17(25)8-12-20/h5-12,19,21,27H,2-4,13-15H2,1H3,(H,26,30)/t19-,21-/m0/s1. The van der Waals surface area contributed by atoms with E-state index in [9.17, 15) is 26.8 Å². The molecular weight excluding hydrogens is 468 g/mol. The molecule has 0 spiro atoms. The second-order valence-electron chi connectivity index (χ2n) is 7.82. The van der Waals surface area contributed by atoms with Crippen LogP contribution >= 0.6 is 0 Å². The molecule has 1 fully saturated rings. The Morgan fingerprint density at radius 1 is 1.09 bits per heavy atom. The Morgan fingerprint density at radius 2 is 1.71 bits per heavy atom. The average Bonchev–Trinajstić information content (AvgIpc) is 3.34. The molecule has 1 aliphatic rings. The van der Waals surface area contributed by atoms with Crippen molar-refractivity contribution in [2.75, 3.05) is 24.6 Å². The molecule has 0 radical (unpaired) electrons. The zero-order chi connectivity index (χ0) is 24.7. The van der Waals surface area contributed by atoms with Crippen LogP contribution < -0.4 is 14.9 Å². The Morgan fingerprint density at radius 3 is 2.26 bits per heavy atom. The van der Waals surface area contributed by atoms with Crippen LogP contribution in [-0.2, 0) is 24.3 Å². The van der Waals surface area contributed by atoms with Crippen molar-refractivity contribution in [1.29, 1.82) is 0 Å². The molecule has 0 aliphatic carbocycles.